The number of hydrogen-bond acceptors (Lipinski definition) is 6. The van der Waals surface area contributed by atoms with Gasteiger partial charge in [-0.05, 0) is 49.9 Å². The molecular formula is C27H22F4N6O2. The summed E-state index contributed by atoms with van der Waals surface area (Å²) in [6, 6.07) is 7.28. The average Bonchev–Trinajstić information content (AvgIpc) is 3.65. The highest BCUT2D eigenvalue weighted by molar-refractivity contribution is 5.91. The maximum atomic E-state index is 15.1. The van der Waals surface area contributed by atoms with E-state index >= 15 is 4.39 Å². The molecule has 6 rings (SSSR count). The molecule has 0 N–H and O–H groups in total. The number of fused-ring (bicyclic) bond motifs is 1. The minimum absolute atomic E-state index is 0.0376. The smallest absolute Gasteiger partial charge is 0.373 e. The average molecular weight is 539 g/mol. The van der Waals surface area contributed by atoms with E-state index in [-0.39, 0.29) is 39.7 Å². The number of nitriles is 1. The summed E-state index contributed by atoms with van der Waals surface area (Å²) >= 11 is 0. The fraction of sp³-hybridized carbons (Fsp3) is 0.370. The molecule has 200 valence electrons. The fourth-order valence-electron chi connectivity index (χ4n) is 5.07. The SMILES string of the molecule is Cn1c(C(F)(F)F)nc2c(-c3ccc(C#N)cc3F)nc([C@H]3CCO[C@@H](c4cnn(C5CC5)c4)C3)cc2c1=O. The summed E-state index contributed by atoms with van der Waals surface area (Å²) in [4.78, 5) is 21.5. The van der Waals surface area contributed by atoms with Gasteiger partial charge in [0.1, 0.15) is 11.3 Å². The van der Waals surface area contributed by atoms with Crippen LogP contribution in [0.25, 0.3) is 22.2 Å². The maximum absolute atomic E-state index is 15.1. The predicted octanol–water partition coefficient (Wildman–Crippen LogP) is 5.19. The summed E-state index contributed by atoms with van der Waals surface area (Å²) in [6.07, 6.45) is 1.77. The van der Waals surface area contributed by atoms with Crippen molar-refractivity contribution in [3.63, 3.8) is 0 Å². The zero-order chi connectivity index (χ0) is 27.5. The Kier molecular flexibility index (Phi) is 5.99. The lowest BCUT2D eigenvalue weighted by molar-refractivity contribution is -0.147. The zero-order valence-electron chi connectivity index (χ0n) is 20.7. The number of benzene rings is 1. The highest BCUT2D eigenvalue weighted by Gasteiger charge is 2.37. The largest absolute Gasteiger partial charge is 0.449 e. The summed E-state index contributed by atoms with van der Waals surface area (Å²) in [5, 5.41) is 13.5. The molecule has 2 atom stereocenters. The van der Waals surface area contributed by atoms with Gasteiger partial charge in [-0.1, -0.05) is 0 Å². The lowest BCUT2D eigenvalue weighted by Gasteiger charge is -2.29. The third kappa shape index (κ3) is 4.57. The first-order valence-electron chi connectivity index (χ1n) is 12.5. The van der Waals surface area contributed by atoms with Gasteiger partial charge in [0.25, 0.3) is 5.56 Å². The number of nitrogens with zero attached hydrogens (tertiary/aromatic N) is 6. The zero-order valence-corrected chi connectivity index (χ0v) is 20.7. The van der Waals surface area contributed by atoms with E-state index in [0.717, 1.165) is 31.5 Å². The molecule has 1 aromatic carbocycles. The Labute approximate surface area is 219 Å². The topological polar surface area (TPSA) is 98.6 Å². The van der Waals surface area contributed by atoms with E-state index in [9.17, 15) is 18.0 Å². The molecule has 1 aliphatic heterocycles. The van der Waals surface area contributed by atoms with Crippen molar-refractivity contribution in [2.75, 3.05) is 6.61 Å². The molecule has 12 heteroatoms. The van der Waals surface area contributed by atoms with Crippen LogP contribution in [0.2, 0.25) is 0 Å². The molecule has 2 aliphatic rings. The molecule has 39 heavy (non-hydrogen) atoms. The monoisotopic (exact) mass is 538 g/mol. The summed E-state index contributed by atoms with van der Waals surface area (Å²) in [7, 11) is 1.00. The molecule has 4 heterocycles. The van der Waals surface area contributed by atoms with Gasteiger partial charge in [0, 0.05) is 42.6 Å². The lowest BCUT2D eigenvalue weighted by Crippen LogP contribution is -2.28. The van der Waals surface area contributed by atoms with E-state index in [4.69, 9.17) is 10.00 Å². The van der Waals surface area contributed by atoms with Crippen LogP contribution in [0.15, 0.2) is 41.5 Å². The third-order valence-electron chi connectivity index (χ3n) is 7.31. The standard InChI is InChI=1S/C27H22F4N6O2/c1-36-25(38)19-10-21(15-6-7-39-22(9-15)16-12-33-37(13-16)17-3-4-17)34-23(24(19)35-26(36)27(29,30)31)18-5-2-14(11-32)8-20(18)28/h2,5,8,10,12-13,15,17,22H,3-4,6-7,9H2,1H3/t15-,22+/m0/s1. The lowest BCUT2D eigenvalue weighted by atomic mass is 9.89. The van der Waals surface area contributed by atoms with Gasteiger partial charge < -0.3 is 4.74 Å². The summed E-state index contributed by atoms with van der Waals surface area (Å²) < 4.78 is 64.7. The number of ether oxygens (including phenoxy) is 1. The van der Waals surface area contributed by atoms with Gasteiger partial charge in [0.05, 0.1) is 41.1 Å². The first kappa shape index (κ1) is 25.2. The van der Waals surface area contributed by atoms with E-state index in [2.05, 4.69) is 15.1 Å². The Morgan fingerprint density at radius 1 is 1.15 bits per heavy atom. The van der Waals surface area contributed by atoms with Crippen LogP contribution in [-0.4, -0.2) is 30.9 Å². The molecule has 1 saturated carbocycles. The quantitative estimate of drug-likeness (QED) is 0.332. The maximum Gasteiger partial charge on any atom is 0.449 e. The Morgan fingerprint density at radius 3 is 2.64 bits per heavy atom. The minimum Gasteiger partial charge on any atom is -0.373 e. The molecule has 0 unspecified atom stereocenters. The molecule has 4 aromatic rings. The fourth-order valence-corrected chi connectivity index (χ4v) is 5.07. The van der Waals surface area contributed by atoms with Gasteiger partial charge in [0.2, 0.25) is 5.82 Å². The van der Waals surface area contributed by atoms with Crippen LogP contribution < -0.4 is 5.56 Å². The van der Waals surface area contributed by atoms with Crippen molar-refractivity contribution in [3.8, 4) is 17.3 Å². The second kappa shape index (κ2) is 9.27. The normalized spacial score (nSPS) is 19.8. The summed E-state index contributed by atoms with van der Waals surface area (Å²) in [5.74, 6) is -2.48. The molecule has 0 bridgehead atoms. The number of hydrogen-bond donors (Lipinski definition) is 0. The van der Waals surface area contributed by atoms with Crippen LogP contribution in [0.1, 0.15) is 66.4 Å². The molecule has 1 saturated heterocycles. The summed E-state index contributed by atoms with van der Waals surface area (Å²) in [6.45, 7) is 0.396. The van der Waals surface area contributed by atoms with Gasteiger partial charge in [0.15, 0.2) is 0 Å². The second-order valence-corrected chi connectivity index (χ2v) is 9.96. The van der Waals surface area contributed by atoms with Crippen LogP contribution in [0.4, 0.5) is 17.6 Å². The Bertz CT molecular complexity index is 1700. The van der Waals surface area contributed by atoms with Crippen molar-refractivity contribution in [1.82, 2.24) is 24.3 Å². The van der Waals surface area contributed by atoms with Crippen LogP contribution in [-0.2, 0) is 18.0 Å². The third-order valence-corrected chi connectivity index (χ3v) is 7.31. The number of pyridine rings is 1. The van der Waals surface area contributed by atoms with E-state index in [1.807, 2.05) is 16.9 Å². The van der Waals surface area contributed by atoms with Crippen molar-refractivity contribution in [2.24, 2.45) is 7.05 Å². The van der Waals surface area contributed by atoms with E-state index in [1.165, 1.54) is 18.2 Å². The highest BCUT2D eigenvalue weighted by Crippen LogP contribution is 2.41. The molecule has 2 fully saturated rings. The number of alkyl halides is 3. The van der Waals surface area contributed by atoms with Crippen molar-refractivity contribution in [1.29, 1.82) is 5.26 Å². The molecule has 3 aromatic heterocycles. The van der Waals surface area contributed by atoms with Gasteiger partial charge in [-0.15, -0.1) is 0 Å². The van der Waals surface area contributed by atoms with Crippen LogP contribution in [0, 0.1) is 17.1 Å². The van der Waals surface area contributed by atoms with Gasteiger partial charge in [-0.25, -0.2) is 9.37 Å². The molecule has 0 radical (unpaired) electrons. The van der Waals surface area contributed by atoms with Crippen molar-refractivity contribution in [3.05, 3.63) is 75.5 Å². The Hall–Kier alpha value is -4.11. The van der Waals surface area contributed by atoms with Crippen LogP contribution >= 0.6 is 0 Å². The number of halogens is 4. The predicted molar refractivity (Wildman–Crippen MR) is 131 cm³/mol. The van der Waals surface area contributed by atoms with Crippen molar-refractivity contribution >= 4 is 10.9 Å². The Morgan fingerprint density at radius 2 is 1.95 bits per heavy atom. The van der Waals surface area contributed by atoms with Crippen LogP contribution in [0.5, 0.6) is 0 Å². The first-order valence-corrected chi connectivity index (χ1v) is 12.5. The number of rotatable bonds is 4. The Balaban J connectivity index is 1.49. The van der Waals surface area contributed by atoms with Gasteiger partial charge >= 0.3 is 6.18 Å². The summed E-state index contributed by atoms with van der Waals surface area (Å²) in [5.41, 5.74) is -0.217. The van der Waals surface area contributed by atoms with E-state index in [0.29, 0.717) is 35.8 Å². The van der Waals surface area contributed by atoms with Crippen molar-refractivity contribution in [2.45, 2.75) is 49.9 Å². The highest BCUT2D eigenvalue weighted by atomic mass is 19.4. The van der Waals surface area contributed by atoms with Gasteiger partial charge in [-0.3, -0.25) is 19.0 Å². The van der Waals surface area contributed by atoms with E-state index in [1.54, 1.807) is 6.20 Å². The molecule has 8 nitrogen and oxygen atoms in total. The molecule has 0 spiro atoms. The van der Waals surface area contributed by atoms with Crippen LogP contribution in [0.3, 0.4) is 0 Å². The molecule has 1 aliphatic carbocycles. The number of aromatic nitrogens is 5. The van der Waals surface area contributed by atoms with Crippen molar-refractivity contribution < 1.29 is 22.3 Å². The first-order chi connectivity index (χ1) is 18.6. The van der Waals surface area contributed by atoms with Gasteiger partial charge in [-0.2, -0.15) is 23.5 Å². The second-order valence-electron chi connectivity index (χ2n) is 9.96. The minimum atomic E-state index is -4.92. The molecule has 0 amide bonds. The van der Waals surface area contributed by atoms with E-state index < -0.39 is 23.4 Å². The molecular weight excluding hydrogens is 516 g/mol.